The Bertz CT molecular complexity index is 130. The third kappa shape index (κ3) is 2.96. The van der Waals surface area contributed by atoms with Gasteiger partial charge < -0.3 is 20.1 Å². The van der Waals surface area contributed by atoms with E-state index in [9.17, 15) is 14.4 Å². The van der Waals surface area contributed by atoms with E-state index < -0.39 is 13.4 Å². The van der Waals surface area contributed by atoms with E-state index in [4.69, 9.17) is 0 Å². The monoisotopic (exact) mass is 152 g/mol. The molecular formula is C4H11NO3P-. The molecular weight excluding hydrogens is 141 g/mol. The molecule has 0 unspecified atom stereocenters. The first kappa shape index (κ1) is 9.11. The molecule has 1 atom stereocenters. The first-order chi connectivity index (χ1) is 3.85. The van der Waals surface area contributed by atoms with Crippen LogP contribution in [0.5, 0.6) is 0 Å². The summed E-state index contributed by atoms with van der Waals surface area (Å²) in [6.07, 6.45) is 0. The van der Waals surface area contributed by atoms with E-state index in [1.807, 2.05) is 0 Å². The van der Waals surface area contributed by atoms with E-state index >= 15 is 0 Å². The van der Waals surface area contributed by atoms with Crippen LogP contribution < -0.4 is 15.5 Å². The molecule has 9 heavy (non-hydrogen) atoms. The number of quaternary nitrogens is 1. The third-order valence-corrected chi connectivity index (χ3v) is 2.58. The van der Waals surface area contributed by atoms with Gasteiger partial charge in [0.2, 0.25) is 0 Å². The Balaban J connectivity index is 4.05. The predicted molar refractivity (Wildman–Crippen MR) is 29.1 cm³/mol. The lowest BCUT2D eigenvalue weighted by Crippen LogP contribution is -2.65. The van der Waals surface area contributed by atoms with E-state index in [0.29, 0.717) is 0 Å². The Morgan fingerprint density at radius 3 is 1.78 bits per heavy atom. The third-order valence-electron chi connectivity index (χ3n) is 1.18. The molecule has 3 N–H and O–H groups in total. The van der Waals surface area contributed by atoms with Gasteiger partial charge in [0, 0.05) is 5.92 Å². The SMILES string of the molecule is CC(C)[C@H]([NH3+])P(=O)([O-])[O-]. The molecule has 0 aliphatic rings. The highest BCUT2D eigenvalue weighted by atomic mass is 31.2. The van der Waals surface area contributed by atoms with E-state index in [1.165, 1.54) is 0 Å². The van der Waals surface area contributed by atoms with Crippen LogP contribution >= 0.6 is 7.60 Å². The summed E-state index contributed by atoms with van der Waals surface area (Å²) in [5.74, 6) is -1.18. The Kier molecular flexibility index (Phi) is 2.83. The van der Waals surface area contributed by atoms with Crippen LogP contribution in [0.3, 0.4) is 0 Å². The summed E-state index contributed by atoms with van der Waals surface area (Å²) in [5.41, 5.74) is 3.22. The van der Waals surface area contributed by atoms with Gasteiger partial charge in [-0.25, -0.2) is 0 Å². The van der Waals surface area contributed by atoms with Crippen molar-refractivity contribution >= 4 is 7.60 Å². The van der Waals surface area contributed by atoms with Crippen LogP contribution in [0.15, 0.2) is 0 Å². The van der Waals surface area contributed by atoms with E-state index in [1.54, 1.807) is 13.8 Å². The summed E-state index contributed by atoms with van der Waals surface area (Å²) in [6, 6.07) is 0. The van der Waals surface area contributed by atoms with Gasteiger partial charge in [-0.3, -0.25) is 0 Å². The molecule has 0 radical (unpaired) electrons. The van der Waals surface area contributed by atoms with Crippen molar-refractivity contribution in [2.24, 2.45) is 5.92 Å². The molecule has 4 nitrogen and oxygen atoms in total. The summed E-state index contributed by atoms with van der Waals surface area (Å²) in [6.45, 7) is 3.31. The summed E-state index contributed by atoms with van der Waals surface area (Å²) >= 11 is 0. The second-order valence-electron chi connectivity index (χ2n) is 2.35. The molecule has 0 amide bonds. The highest BCUT2D eigenvalue weighted by Gasteiger charge is 2.14. The fraction of sp³-hybridized carbons (Fsp3) is 1.00. The lowest BCUT2D eigenvalue weighted by Gasteiger charge is -2.34. The van der Waals surface area contributed by atoms with Crippen LogP contribution in [-0.2, 0) is 4.57 Å². The molecule has 0 aromatic heterocycles. The molecule has 0 heterocycles. The van der Waals surface area contributed by atoms with Gasteiger partial charge in [0.05, 0.1) is 0 Å². The van der Waals surface area contributed by atoms with Crippen molar-refractivity contribution < 1.29 is 20.1 Å². The second kappa shape index (κ2) is 2.80. The van der Waals surface area contributed by atoms with Crippen LogP contribution in [0.1, 0.15) is 13.8 Å². The fourth-order valence-corrected chi connectivity index (χ4v) is 1.10. The van der Waals surface area contributed by atoms with Gasteiger partial charge in [-0.15, -0.1) is 0 Å². The van der Waals surface area contributed by atoms with Crippen molar-refractivity contribution in [3.8, 4) is 0 Å². The lowest BCUT2D eigenvalue weighted by molar-refractivity contribution is -0.438. The van der Waals surface area contributed by atoms with Crippen LogP contribution in [0.2, 0.25) is 0 Å². The normalized spacial score (nSPS) is 16.2. The van der Waals surface area contributed by atoms with Crippen molar-refractivity contribution in [2.45, 2.75) is 19.6 Å². The zero-order valence-corrected chi connectivity index (χ0v) is 6.43. The quantitative estimate of drug-likeness (QED) is 0.469. The van der Waals surface area contributed by atoms with Crippen LogP contribution in [0.25, 0.3) is 0 Å². The van der Waals surface area contributed by atoms with Gasteiger partial charge in [-0.1, -0.05) is 13.8 Å². The molecule has 56 valence electrons. The molecule has 0 saturated carbocycles. The van der Waals surface area contributed by atoms with Crippen LogP contribution in [-0.4, -0.2) is 5.78 Å². The van der Waals surface area contributed by atoms with Crippen LogP contribution in [0.4, 0.5) is 0 Å². The molecule has 0 aromatic rings. The van der Waals surface area contributed by atoms with Gasteiger partial charge in [0.1, 0.15) is 5.78 Å². The standard InChI is InChI=1S/C4H12NO3P/c1-3(2)4(5)9(6,7)8/h3-4H,5H2,1-2H3,(H2,6,7,8)/p-1/t4-/m1/s1. The molecule has 0 rings (SSSR count). The van der Waals surface area contributed by atoms with Gasteiger partial charge in [0.15, 0.2) is 0 Å². The highest BCUT2D eigenvalue weighted by Crippen LogP contribution is 2.30. The molecule has 0 bridgehead atoms. The summed E-state index contributed by atoms with van der Waals surface area (Å²) in [4.78, 5) is 20.4. The van der Waals surface area contributed by atoms with E-state index in [0.717, 1.165) is 0 Å². The van der Waals surface area contributed by atoms with Gasteiger partial charge in [-0.2, -0.15) is 0 Å². The minimum atomic E-state index is -4.42. The topological polar surface area (TPSA) is 90.8 Å². The maximum Gasteiger partial charge on any atom is 0.112 e. The largest absolute Gasteiger partial charge is 0.807 e. The first-order valence-electron chi connectivity index (χ1n) is 2.70. The van der Waals surface area contributed by atoms with Crippen LogP contribution in [0, 0.1) is 5.92 Å². The van der Waals surface area contributed by atoms with Crippen molar-refractivity contribution in [3.05, 3.63) is 0 Å². The van der Waals surface area contributed by atoms with Gasteiger partial charge in [-0.05, 0) is 7.60 Å². The van der Waals surface area contributed by atoms with E-state index in [2.05, 4.69) is 5.73 Å². The average Bonchev–Trinajstić information content (AvgIpc) is 1.62. The molecule has 0 saturated heterocycles. The zero-order valence-electron chi connectivity index (χ0n) is 5.53. The van der Waals surface area contributed by atoms with Crippen molar-refractivity contribution in [1.29, 1.82) is 0 Å². The summed E-state index contributed by atoms with van der Waals surface area (Å²) < 4.78 is 10.2. The second-order valence-corrected chi connectivity index (χ2v) is 4.09. The smallest absolute Gasteiger partial charge is 0.112 e. The Morgan fingerprint density at radius 2 is 1.78 bits per heavy atom. The maximum absolute atomic E-state index is 10.2. The lowest BCUT2D eigenvalue weighted by atomic mass is 10.2. The zero-order chi connectivity index (χ0) is 7.65. The van der Waals surface area contributed by atoms with Crippen molar-refractivity contribution in [2.75, 3.05) is 0 Å². The number of rotatable bonds is 2. The number of hydrogen-bond acceptors (Lipinski definition) is 3. The van der Waals surface area contributed by atoms with E-state index in [-0.39, 0.29) is 5.92 Å². The van der Waals surface area contributed by atoms with Gasteiger partial charge >= 0.3 is 0 Å². The number of hydrogen-bond donors (Lipinski definition) is 1. The molecule has 0 fully saturated rings. The molecule has 0 spiro atoms. The Morgan fingerprint density at radius 1 is 1.44 bits per heavy atom. The molecule has 0 aromatic carbocycles. The average molecular weight is 152 g/mol. The fourth-order valence-electron chi connectivity index (χ4n) is 0.365. The Hall–Kier alpha value is 0.110. The van der Waals surface area contributed by atoms with Crippen molar-refractivity contribution in [1.82, 2.24) is 0 Å². The minimum absolute atomic E-state index is 0.189. The predicted octanol–water partition coefficient (Wildman–Crippen LogP) is -1.88. The van der Waals surface area contributed by atoms with Crippen molar-refractivity contribution in [3.63, 3.8) is 0 Å². The van der Waals surface area contributed by atoms with Gasteiger partial charge in [0.25, 0.3) is 0 Å². The highest BCUT2D eigenvalue weighted by molar-refractivity contribution is 7.49. The minimum Gasteiger partial charge on any atom is -0.807 e. The first-order valence-corrected chi connectivity index (χ1v) is 4.31. The molecule has 0 aliphatic carbocycles. The Labute approximate surface area is 54.2 Å². The maximum atomic E-state index is 10.2. The summed E-state index contributed by atoms with van der Waals surface area (Å²) in [5, 5.41) is 0. The molecule has 0 aliphatic heterocycles. The summed E-state index contributed by atoms with van der Waals surface area (Å²) in [7, 11) is -4.42. The molecule has 5 heteroatoms.